The highest BCUT2D eigenvalue weighted by molar-refractivity contribution is 5.76. The van der Waals surface area contributed by atoms with Crippen LogP contribution in [-0.4, -0.2) is 30.6 Å². The maximum atomic E-state index is 12.9. The van der Waals surface area contributed by atoms with E-state index in [-0.39, 0.29) is 27.6 Å². The second-order valence-electron chi connectivity index (χ2n) is 14.8. The van der Waals surface area contributed by atoms with E-state index in [1.807, 2.05) is 7.11 Å². The fourth-order valence-corrected chi connectivity index (χ4v) is 11.7. The van der Waals surface area contributed by atoms with Gasteiger partial charge in [-0.25, -0.2) is 0 Å². The third kappa shape index (κ3) is 2.55. The van der Waals surface area contributed by atoms with E-state index in [0.29, 0.717) is 23.7 Å². The smallest absolute Gasteiger partial charge is 0.310 e. The molecule has 4 heteroatoms. The largest absolute Gasteiger partial charge is 0.481 e. The minimum atomic E-state index is -0.561. The van der Waals surface area contributed by atoms with Crippen LogP contribution in [0.25, 0.3) is 0 Å². The van der Waals surface area contributed by atoms with E-state index in [1.54, 1.807) is 0 Å². The van der Waals surface area contributed by atoms with Gasteiger partial charge in [-0.2, -0.15) is 0 Å². The first-order valence-corrected chi connectivity index (χ1v) is 14.5. The van der Waals surface area contributed by atoms with Crippen LogP contribution >= 0.6 is 0 Å². The maximum Gasteiger partial charge on any atom is 0.310 e. The van der Waals surface area contributed by atoms with E-state index >= 15 is 0 Å². The number of carbonyl (C=O) groups is 1. The molecule has 2 heterocycles. The number of allylic oxidation sites excluding steroid dienone is 2. The Labute approximate surface area is 212 Å². The molecule has 35 heavy (non-hydrogen) atoms. The molecule has 2 saturated heterocycles. The molecule has 2 bridgehead atoms. The molecule has 0 radical (unpaired) electrons. The Balaban J connectivity index is 1.46. The molecule has 1 N–H and O–H groups in total. The number of methoxy groups -OCH3 is 1. The third-order valence-corrected chi connectivity index (χ3v) is 14.2. The molecular weight excluding hydrogens is 436 g/mol. The van der Waals surface area contributed by atoms with E-state index in [1.165, 1.54) is 24.8 Å². The molecule has 2 aliphatic heterocycles. The Bertz CT molecular complexity index is 957. The first-order valence-electron chi connectivity index (χ1n) is 14.5. The van der Waals surface area contributed by atoms with E-state index in [4.69, 9.17) is 9.47 Å². The highest BCUT2D eigenvalue weighted by Crippen LogP contribution is 2.78. The summed E-state index contributed by atoms with van der Waals surface area (Å²) in [6.45, 7) is 15.5. The molecule has 4 saturated carbocycles. The molecule has 0 aromatic heterocycles. The van der Waals surface area contributed by atoms with Crippen LogP contribution in [0.1, 0.15) is 99.3 Å². The zero-order valence-electron chi connectivity index (χ0n) is 23.2. The lowest BCUT2D eigenvalue weighted by atomic mass is 9.32. The number of carboxylic acid groups (broad SMARTS) is 1. The highest BCUT2D eigenvalue weighted by atomic mass is 16.7. The molecule has 10 atom stereocenters. The average molecular weight is 485 g/mol. The minimum absolute atomic E-state index is 0.00280. The summed E-state index contributed by atoms with van der Waals surface area (Å²) in [7, 11) is 1.84. The first-order chi connectivity index (χ1) is 16.4. The predicted octanol–water partition coefficient (Wildman–Crippen LogP) is 7.08. The van der Waals surface area contributed by atoms with Gasteiger partial charge >= 0.3 is 5.97 Å². The Kier molecular flexibility index (Phi) is 5.00. The molecular formula is C31H48O4. The summed E-state index contributed by atoms with van der Waals surface area (Å²) in [5.41, 5.74) is 1.42. The number of aliphatic carboxylic acids is 1. The monoisotopic (exact) mass is 484 g/mol. The van der Waals surface area contributed by atoms with Crippen LogP contribution < -0.4 is 0 Å². The number of hydrogen-bond donors (Lipinski definition) is 1. The van der Waals surface area contributed by atoms with Crippen molar-refractivity contribution in [1.82, 2.24) is 0 Å². The van der Waals surface area contributed by atoms with Crippen LogP contribution in [0.4, 0.5) is 0 Å². The van der Waals surface area contributed by atoms with E-state index in [2.05, 4.69) is 47.6 Å². The molecule has 0 amide bonds. The molecule has 1 spiro atoms. The van der Waals surface area contributed by atoms with Crippen molar-refractivity contribution in [3.8, 4) is 0 Å². The van der Waals surface area contributed by atoms with Crippen molar-refractivity contribution in [2.75, 3.05) is 13.7 Å². The Morgan fingerprint density at radius 3 is 2.37 bits per heavy atom. The summed E-state index contributed by atoms with van der Waals surface area (Å²) in [4.78, 5) is 12.9. The second-order valence-corrected chi connectivity index (χ2v) is 14.8. The summed E-state index contributed by atoms with van der Waals surface area (Å²) in [5.74, 6) is 1.42. The van der Waals surface area contributed by atoms with Crippen LogP contribution in [0.2, 0.25) is 0 Å². The average Bonchev–Trinajstić information content (AvgIpc) is 2.82. The van der Waals surface area contributed by atoms with Gasteiger partial charge in [0, 0.05) is 24.4 Å². The third-order valence-electron chi connectivity index (χ3n) is 14.2. The highest BCUT2D eigenvalue weighted by Gasteiger charge is 2.74. The number of rotatable bonds is 2. The lowest BCUT2D eigenvalue weighted by Gasteiger charge is -2.75. The summed E-state index contributed by atoms with van der Waals surface area (Å²) < 4.78 is 12.8. The van der Waals surface area contributed by atoms with Gasteiger partial charge < -0.3 is 14.6 Å². The van der Waals surface area contributed by atoms with Crippen molar-refractivity contribution >= 4 is 5.97 Å². The zero-order valence-corrected chi connectivity index (χ0v) is 23.2. The van der Waals surface area contributed by atoms with Gasteiger partial charge in [-0.05, 0) is 91.8 Å². The number of ether oxygens (including phenoxy) is 2. The zero-order chi connectivity index (χ0) is 25.2. The van der Waals surface area contributed by atoms with Gasteiger partial charge in [-0.15, -0.1) is 0 Å². The molecule has 196 valence electrons. The second kappa shape index (κ2) is 7.16. The topological polar surface area (TPSA) is 55.8 Å². The first kappa shape index (κ1) is 24.5. The van der Waals surface area contributed by atoms with Crippen LogP contribution in [0.5, 0.6) is 0 Å². The standard InChI is InChI=1S/C31H48O4/c1-19-10-13-29(25(32)33)15-14-27(5)21(24(29)20(19)2)8-9-23-28(27,6)12-11-22-26(3,4)31(34-7)17-16-30(22,23)18-35-31/h8,19-20,22-24H,9-18H2,1-7H3,(H,32,33). The lowest BCUT2D eigenvalue weighted by Crippen LogP contribution is -2.73. The maximum absolute atomic E-state index is 12.9. The summed E-state index contributed by atoms with van der Waals surface area (Å²) in [5, 5.41) is 10.6. The van der Waals surface area contributed by atoms with Crippen molar-refractivity contribution in [2.24, 2.45) is 56.7 Å². The molecule has 6 fully saturated rings. The molecule has 10 unspecified atom stereocenters. The number of hydrogen-bond acceptors (Lipinski definition) is 3. The Hall–Kier alpha value is -0.870. The van der Waals surface area contributed by atoms with Gasteiger partial charge in [0.25, 0.3) is 0 Å². The van der Waals surface area contributed by atoms with E-state index in [0.717, 1.165) is 45.1 Å². The van der Waals surface area contributed by atoms with Gasteiger partial charge in [0.05, 0.1) is 12.0 Å². The SMILES string of the molecule is COC12CCC3(CO1)C(CCC1(C)C3CC=C3C4C(C)C(C)CCC4(C(=O)O)CCC31C)C2(C)C. The molecule has 0 aromatic carbocycles. The molecule has 7 aliphatic rings. The lowest BCUT2D eigenvalue weighted by molar-refractivity contribution is -0.402. The molecule has 4 nitrogen and oxygen atoms in total. The summed E-state index contributed by atoms with van der Waals surface area (Å²) >= 11 is 0. The van der Waals surface area contributed by atoms with Crippen LogP contribution in [-0.2, 0) is 14.3 Å². The quantitative estimate of drug-likeness (QED) is 0.425. The molecule has 0 aromatic rings. The van der Waals surface area contributed by atoms with Gasteiger partial charge in [-0.1, -0.05) is 53.2 Å². The molecule has 7 rings (SSSR count). The predicted molar refractivity (Wildman–Crippen MR) is 137 cm³/mol. The van der Waals surface area contributed by atoms with Crippen molar-refractivity contribution < 1.29 is 19.4 Å². The van der Waals surface area contributed by atoms with Gasteiger partial charge in [0.1, 0.15) is 0 Å². The fourth-order valence-electron chi connectivity index (χ4n) is 11.7. The van der Waals surface area contributed by atoms with E-state index < -0.39 is 17.2 Å². The van der Waals surface area contributed by atoms with E-state index in [9.17, 15) is 9.90 Å². The van der Waals surface area contributed by atoms with Crippen molar-refractivity contribution in [1.29, 1.82) is 0 Å². The van der Waals surface area contributed by atoms with Crippen molar-refractivity contribution in [3.05, 3.63) is 11.6 Å². The summed E-state index contributed by atoms with van der Waals surface area (Å²) in [6, 6.07) is 0. The summed E-state index contributed by atoms with van der Waals surface area (Å²) in [6.07, 6.45) is 12.1. The molecule has 5 aliphatic carbocycles. The van der Waals surface area contributed by atoms with Gasteiger partial charge in [0.15, 0.2) is 5.79 Å². The van der Waals surface area contributed by atoms with Crippen LogP contribution in [0.3, 0.4) is 0 Å². The Morgan fingerprint density at radius 1 is 1.00 bits per heavy atom. The van der Waals surface area contributed by atoms with Crippen LogP contribution in [0.15, 0.2) is 11.6 Å². The van der Waals surface area contributed by atoms with Gasteiger partial charge in [-0.3, -0.25) is 4.79 Å². The fraction of sp³-hybridized carbons (Fsp3) is 0.903. The van der Waals surface area contributed by atoms with Crippen molar-refractivity contribution in [2.45, 2.75) is 105 Å². The van der Waals surface area contributed by atoms with Crippen molar-refractivity contribution in [3.63, 3.8) is 0 Å². The number of carboxylic acids is 1. The van der Waals surface area contributed by atoms with Gasteiger partial charge in [0.2, 0.25) is 0 Å². The normalized spacial score (nSPS) is 56.2. The Morgan fingerprint density at radius 2 is 1.74 bits per heavy atom. The number of fused-ring (bicyclic) bond motifs is 7. The van der Waals surface area contributed by atoms with Crippen LogP contribution in [0, 0.1) is 56.7 Å². The minimum Gasteiger partial charge on any atom is -0.481 e.